The molecule has 3 aromatic rings. The van der Waals surface area contributed by atoms with Crippen LogP contribution in [0.1, 0.15) is 6.92 Å². The fraction of sp³-hybridized carbons (Fsp3) is 0.300. The second-order valence-electron chi connectivity index (χ2n) is 6.34. The first-order chi connectivity index (χ1) is 15.0. The van der Waals surface area contributed by atoms with Gasteiger partial charge in [-0.1, -0.05) is 5.10 Å². The zero-order valence-electron chi connectivity index (χ0n) is 16.6. The average molecular weight is 547 g/mol. The maximum Gasteiger partial charge on any atom is 0.315 e. The smallest absolute Gasteiger partial charge is 0.315 e. The van der Waals surface area contributed by atoms with Crippen molar-refractivity contribution in [2.24, 2.45) is 0 Å². The molecule has 2 heterocycles. The molecule has 3 N–H and O–H groups in total. The molecule has 11 heteroatoms. The minimum Gasteiger partial charge on any atom is -0.403 e. The van der Waals surface area contributed by atoms with Crippen molar-refractivity contribution in [1.82, 2.24) is 15.5 Å². The first-order valence-electron chi connectivity index (χ1n) is 9.56. The Morgan fingerprint density at radius 3 is 2.45 bits per heavy atom. The van der Waals surface area contributed by atoms with Crippen molar-refractivity contribution in [3.63, 3.8) is 0 Å². The fourth-order valence-corrected chi connectivity index (χ4v) is 3.10. The number of aromatic nitrogens is 2. The third-order valence-corrected chi connectivity index (χ3v) is 4.79. The molecule has 2 aromatic carbocycles. The molecule has 0 amide bonds. The number of nitrogens with one attached hydrogen (secondary N) is 3. The van der Waals surface area contributed by atoms with E-state index in [1.807, 2.05) is 29.5 Å². The molecule has 1 aromatic heterocycles. The van der Waals surface area contributed by atoms with Crippen molar-refractivity contribution in [3.8, 4) is 11.5 Å². The quantitative estimate of drug-likeness (QED) is 0.405. The third-order valence-electron chi connectivity index (χ3n) is 4.12. The van der Waals surface area contributed by atoms with Gasteiger partial charge in [0.05, 0.1) is 30.2 Å². The van der Waals surface area contributed by atoms with E-state index in [0.717, 1.165) is 32.4 Å². The van der Waals surface area contributed by atoms with Crippen LogP contribution in [-0.4, -0.2) is 43.0 Å². The van der Waals surface area contributed by atoms with Crippen LogP contribution in [0.15, 0.2) is 34.7 Å². The van der Waals surface area contributed by atoms with Gasteiger partial charge < -0.3 is 25.1 Å². The van der Waals surface area contributed by atoms with Gasteiger partial charge in [0, 0.05) is 23.2 Å². The van der Waals surface area contributed by atoms with E-state index < -0.39 is 17.5 Å². The number of nitrogens with zero attached hydrogens (tertiary/aromatic N) is 2. The van der Waals surface area contributed by atoms with E-state index in [9.17, 15) is 13.2 Å². The van der Waals surface area contributed by atoms with Crippen molar-refractivity contribution in [1.29, 1.82) is 0 Å². The number of halogens is 4. The largest absolute Gasteiger partial charge is 0.403 e. The summed E-state index contributed by atoms with van der Waals surface area (Å²) in [4.78, 5) is 0. The molecule has 0 spiro atoms. The van der Waals surface area contributed by atoms with E-state index in [4.69, 9.17) is 9.15 Å². The van der Waals surface area contributed by atoms with Crippen LogP contribution >= 0.6 is 22.6 Å². The predicted octanol–water partition coefficient (Wildman–Crippen LogP) is 4.54. The van der Waals surface area contributed by atoms with E-state index >= 15 is 0 Å². The van der Waals surface area contributed by atoms with Gasteiger partial charge in [0.2, 0.25) is 0 Å². The Kier molecular flexibility index (Phi) is 8.49. The highest BCUT2D eigenvalue weighted by Crippen LogP contribution is 2.34. The maximum absolute atomic E-state index is 14.3. The Hall–Kier alpha value is -2.38. The van der Waals surface area contributed by atoms with Crippen LogP contribution in [0.2, 0.25) is 0 Å². The summed E-state index contributed by atoms with van der Waals surface area (Å²) in [5.41, 5.74) is -0.169. The SMILES string of the molecule is C1COCCN1.CCNc1nnc(-c2ccc(F)c(F)c2Nc2ccc(I)cc2F)o1. The Morgan fingerprint density at radius 1 is 1.06 bits per heavy atom. The second kappa shape index (κ2) is 11.3. The number of morpholine rings is 1. The summed E-state index contributed by atoms with van der Waals surface area (Å²) in [5, 5.41) is 16.1. The molecular formula is C20H21F3IN5O2. The highest BCUT2D eigenvalue weighted by molar-refractivity contribution is 14.1. The van der Waals surface area contributed by atoms with Crippen molar-refractivity contribution >= 4 is 40.0 Å². The van der Waals surface area contributed by atoms with Gasteiger partial charge in [-0.2, -0.15) is 0 Å². The summed E-state index contributed by atoms with van der Waals surface area (Å²) in [6.07, 6.45) is 0. The average Bonchev–Trinajstić information content (AvgIpc) is 3.23. The van der Waals surface area contributed by atoms with Gasteiger partial charge in [-0.05, 0) is 59.8 Å². The normalized spacial score (nSPS) is 13.3. The van der Waals surface area contributed by atoms with E-state index in [2.05, 4.69) is 26.1 Å². The highest BCUT2D eigenvalue weighted by atomic mass is 127. The molecule has 0 unspecified atom stereocenters. The fourth-order valence-electron chi connectivity index (χ4n) is 2.65. The zero-order chi connectivity index (χ0) is 22.2. The Balaban J connectivity index is 0.000000391. The molecule has 0 aliphatic carbocycles. The lowest BCUT2D eigenvalue weighted by Crippen LogP contribution is -2.30. The Bertz CT molecular complexity index is 1000. The van der Waals surface area contributed by atoms with Crippen molar-refractivity contribution in [2.75, 3.05) is 43.5 Å². The van der Waals surface area contributed by atoms with Crippen LogP contribution in [0, 0.1) is 21.0 Å². The number of rotatable bonds is 5. The second-order valence-corrected chi connectivity index (χ2v) is 7.58. The molecule has 1 fully saturated rings. The molecular weight excluding hydrogens is 526 g/mol. The molecule has 1 saturated heterocycles. The monoisotopic (exact) mass is 547 g/mol. The van der Waals surface area contributed by atoms with Crippen molar-refractivity contribution in [3.05, 3.63) is 51.4 Å². The summed E-state index contributed by atoms with van der Waals surface area (Å²) in [6, 6.07) is 6.72. The minimum atomic E-state index is -1.17. The number of anilines is 3. The van der Waals surface area contributed by atoms with Crippen LogP contribution in [0.4, 0.5) is 30.6 Å². The molecule has 7 nitrogen and oxygen atoms in total. The van der Waals surface area contributed by atoms with Crippen LogP contribution in [0.25, 0.3) is 11.5 Å². The summed E-state index contributed by atoms with van der Waals surface area (Å²) in [7, 11) is 0. The summed E-state index contributed by atoms with van der Waals surface area (Å²) < 4.78 is 53.1. The lowest BCUT2D eigenvalue weighted by Gasteiger charge is -2.12. The Morgan fingerprint density at radius 2 is 1.84 bits per heavy atom. The molecule has 166 valence electrons. The molecule has 0 bridgehead atoms. The molecule has 0 atom stereocenters. The first-order valence-corrected chi connectivity index (χ1v) is 10.6. The van der Waals surface area contributed by atoms with Crippen molar-refractivity contribution in [2.45, 2.75) is 6.92 Å². The van der Waals surface area contributed by atoms with Crippen LogP contribution < -0.4 is 16.0 Å². The molecule has 4 rings (SSSR count). The van der Waals surface area contributed by atoms with E-state index in [1.165, 1.54) is 18.2 Å². The number of ether oxygens (including phenoxy) is 1. The number of benzene rings is 2. The van der Waals surface area contributed by atoms with Crippen LogP contribution in [0.3, 0.4) is 0 Å². The third kappa shape index (κ3) is 6.31. The van der Waals surface area contributed by atoms with Gasteiger partial charge >= 0.3 is 6.01 Å². The van der Waals surface area contributed by atoms with E-state index in [0.29, 0.717) is 10.1 Å². The van der Waals surface area contributed by atoms with Gasteiger partial charge in [0.15, 0.2) is 11.6 Å². The van der Waals surface area contributed by atoms with E-state index in [1.54, 1.807) is 6.07 Å². The number of hydrogen-bond donors (Lipinski definition) is 3. The number of hydrogen-bond acceptors (Lipinski definition) is 7. The standard InChI is InChI=1S/C16H12F3IN4O.C4H9NO/c1-2-21-16-24-23-15(25-16)9-4-5-10(17)13(19)14(9)22-12-6-3-8(20)7-11(12)18;1-3-6-4-2-5-1/h3-7,22H,2H2,1H3,(H,21,24);5H,1-4H2. The highest BCUT2D eigenvalue weighted by Gasteiger charge is 2.20. The molecule has 1 aliphatic heterocycles. The summed E-state index contributed by atoms with van der Waals surface area (Å²) in [6.45, 7) is 6.23. The van der Waals surface area contributed by atoms with Gasteiger partial charge in [-0.3, -0.25) is 0 Å². The van der Waals surface area contributed by atoms with Crippen molar-refractivity contribution < 1.29 is 22.3 Å². The summed E-state index contributed by atoms with van der Waals surface area (Å²) >= 11 is 1.95. The lowest BCUT2D eigenvalue weighted by atomic mass is 10.1. The van der Waals surface area contributed by atoms with Gasteiger partial charge in [0.1, 0.15) is 5.82 Å². The van der Waals surface area contributed by atoms with E-state index in [-0.39, 0.29) is 28.8 Å². The Labute approximate surface area is 190 Å². The van der Waals surface area contributed by atoms with Gasteiger partial charge in [0.25, 0.3) is 5.89 Å². The molecule has 31 heavy (non-hydrogen) atoms. The van der Waals surface area contributed by atoms with Gasteiger partial charge in [-0.25, -0.2) is 13.2 Å². The first kappa shape index (κ1) is 23.3. The summed E-state index contributed by atoms with van der Waals surface area (Å²) in [5.74, 6) is -2.87. The molecule has 0 saturated carbocycles. The molecule has 0 radical (unpaired) electrons. The van der Waals surface area contributed by atoms with Crippen LogP contribution in [-0.2, 0) is 4.74 Å². The molecule has 1 aliphatic rings. The van der Waals surface area contributed by atoms with Gasteiger partial charge in [-0.15, -0.1) is 5.10 Å². The lowest BCUT2D eigenvalue weighted by molar-refractivity contribution is 0.109. The zero-order valence-corrected chi connectivity index (χ0v) is 18.8. The van der Waals surface area contributed by atoms with Crippen LogP contribution in [0.5, 0.6) is 0 Å². The topological polar surface area (TPSA) is 84.2 Å². The maximum atomic E-state index is 14.3. The minimum absolute atomic E-state index is 0.00223. The predicted molar refractivity (Wildman–Crippen MR) is 120 cm³/mol.